The molecule has 1 fully saturated rings. The zero-order chi connectivity index (χ0) is 29.9. The van der Waals surface area contributed by atoms with E-state index < -0.39 is 23.6 Å². The number of pyridine rings is 1. The number of unbranched alkanes of at least 4 members (excludes halogenated alkanes) is 2. The number of carbonyl (C=O) groups excluding carboxylic acids is 5. The maximum Gasteiger partial charge on any atom is 0.266 e. The normalized spacial score (nSPS) is 16.7. The highest BCUT2D eigenvalue weighted by Gasteiger charge is 2.45. The highest BCUT2D eigenvalue weighted by molar-refractivity contribution is 6.24. The van der Waals surface area contributed by atoms with E-state index in [2.05, 4.69) is 33.5 Å². The van der Waals surface area contributed by atoms with Gasteiger partial charge in [-0.2, -0.15) is 0 Å². The number of ether oxygens (including phenoxy) is 1. The van der Waals surface area contributed by atoms with Crippen molar-refractivity contribution in [1.29, 1.82) is 0 Å². The van der Waals surface area contributed by atoms with Crippen LogP contribution in [0.3, 0.4) is 0 Å². The highest BCUT2D eigenvalue weighted by Crippen LogP contribution is 2.34. The molecule has 1 atom stereocenters. The molecule has 6 rings (SSSR count). The van der Waals surface area contributed by atoms with Gasteiger partial charge in [-0.25, -0.2) is 0 Å². The number of carbonyl (C=O) groups is 5. The Hall–Kier alpha value is -4.86. The number of H-pyrrole nitrogens is 1. The van der Waals surface area contributed by atoms with Gasteiger partial charge in [0.05, 0.1) is 30.2 Å². The second-order valence-corrected chi connectivity index (χ2v) is 11.1. The number of imide groups is 1. The fraction of sp³-hybridized carbons (Fsp3) is 0.333. The van der Waals surface area contributed by atoms with Gasteiger partial charge in [0, 0.05) is 53.6 Å². The summed E-state index contributed by atoms with van der Waals surface area (Å²) in [6.45, 7) is 0.905. The lowest BCUT2D eigenvalue weighted by Crippen LogP contribution is -2.47. The summed E-state index contributed by atoms with van der Waals surface area (Å²) < 4.78 is 5.88. The van der Waals surface area contributed by atoms with E-state index in [4.69, 9.17) is 4.74 Å². The van der Waals surface area contributed by atoms with Gasteiger partial charge < -0.3 is 15.0 Å². The quantitative estimate of drug-likeness (QED) is 0.153. The smallest absolute Gasteiger partial charge is 0.266 e. The van der Waals surface area contributed by atoms with Crippen LogP contribution >= 0.6 is 0 Å². The maximum atomic E-state index is 13.2. The number of nitrogens with zero attached hydrogens (tertiary/aromatic N) is 2. The average molecular weight is 581 g/mol. The van der Waals surface area contributed by atoms with E-state index in [1.807, 2.05) is 12.3 Å². The molecule has 220 valence electrons. The van der Waals surface area contributed by atoms with Crippen molar-refractivity contribution >= 4 is 51.1 Å². The zero-order valence-corrected chi connectivity index (χ0v) is 23.7. The Labute approximate surface area is 247 Å². The summed E-state index contributed by atoms with van der Waals surface area (Å²) in [5.41, 5.74) is 3.56. The number of hydrogen-bond donors (Lipinski definition) is 2. The van der Waals surface area contributed by atoms with E-state index in [0.717, 1.165) is 45.1 Å². The van der Waals surface area contributed by atoms with Crippen LogP contribution in [0.15, 0.2) is 54.9 Å². The third kappa shape index (κ3) is 5.77. The lowest BCUT2D eigenvalue weighted by molar-refractivity contribution is -0.132. The Morgan fingerprint density at radius 3 is 2.74 bits per heavy atom. The molecule has 4 aromatic rings. The minimum Gasteiger partial charge on any atom is -0.493 e. The van der Waals surface area contributed by atoms with Gasteiger partial charge in [0.15, 0.2) is 5.78 Å². The number of ketones is 2. The average Bonchev–Trinajstić information content (AvgIpc) is 3.50. The van der Waals surface area contributed by atoms with Gasteiger partial charge in [-0.05, 0) is 61.9 Å². The molecule has 3 amide bonds. The highest BCUT2D eigenvalue weighted by atomic mass is 16.5. The first-order valence-electron chi connectivity index (χ1n) is 14.7. The number of fused-ring (bicyclic) bond motifs is 4. The number of hydrogen-bond acceptors (Lipinski definition) is 7. The minimum absolute atomic E-state index is 0.00518. The van der Waals surface area contributed by atoms with Crippen LogP contribution in [-0.4, -0.2) is 63.3 Å². The molecule has 2 aliphatic rings. The number of rotatable bonds is 11. The maximum absolute atomic E-state index is 13.2. The van der Waals surface area contributed by atoms with Crippen molar-refractivity contribution in [1.82, 2.24) is 20.2 Å². The zero-order valence-electron chi connectivity index (χ0n) is 23.7. The standard InChI is InChI=1S/C33H32N4O6/c38-21-9-11-27(28(39)18-21)37-32(41)23-5-4-6-29(31(23)33(37)42)43-16-3-1-2-14-35-30(40)12-8-20-7-10-22-24-19-34-15-13-25(24)36-26(22)17-20/h4-7,10,13,15,17,19,27,36H,1-3,8-9,11-12,14,16,18H2,(H,35,40). The van der Waals surface area contributed by atoms with Crippen LogP contribution < -0.4 is 10.1 Å². The summed E-state index contributed by atoms with van der Waals surface area (Å²) in [6, 6.07) is 12.1. The van der Waals surface area contributed by atoms with Crippen molar-refractivity contribution in [2.24, 2.45) is 0 Å². The Morgan fingerprint density at radius 2 is 1.88 bits per heavy atom. The molecular formula is C33H32N4O6. The first-order valence-corrected chi connectivity index (χ1v) is 14.7. The van der Waals surface area contributed by atoms with E-state index in [9.17, 15) is 24.0 Å². The van der Waals surface area contributed by atoms with Crippen molar-refractivity contribution in [3.05, 3.63) is 71.5 Å². The van der Waals surface area contributed by atoms with E-state index in [1.54, 1.807) is 24.4 Å². The molecule has 0 spiro atoms. The van der Waals surface area contributed by atoms with E-state index >= 15 is 0 Å². The molecule has 10 nitrogen and oxygen atoms in total. The van der Waals surface area contributed by atoms with E-state index in [-0.39, 0.29) is 42.1 Å². The Morgan fingerprint density at radius 1 is 1.00 bits per heavy atom. The van der Waals surface area contributed by atoms with Crippen molar-refractivity contribution in [3.8, 4) is 5.75 Å². The second kappa shape index (κ2) is 12.2. The first-order chi connectivity index (χ1) is 20.9. The van der Waals surface area contributed by atoms with Crippen LogP contribution in [0.5, 0.6) is 5.75 Å². The number of aromatic nitrogens is 2. The van der Waals surface area contributed by atoms with Gasteiger partial charge in [0.2, 0.25) is 5.91 Å². The number of aryl methyl sites for hydroxylation is 1. The monoisotopic (exact) mass is 580 g/mol. The fourth-order valence-corrected chi connectivity index (χ4v) is 5.92. The molecule has 1 aliphatic heterocycles. The Bertz CT molecular complexity index is 1760. The topological polar surface area (TPSA) is 139 Å². The minimum atomic E-state index is -0.908. The fourth-order valence-electron chi connectivity index (χ4n) is 5.92. The number of nitrogens with one attached hydrogen (secondary N) is 2. The van der Waals surface area contributed by atoms with Crippen LogP contribution in [-0.2, 0) is 20.8 Å². The van der Waals surface area contributed by atoms with Crippen molar-refractivity contribution in [2.45, 2.75) is 57.4 Å². The largest absolute Gasteiger partial charge is 0.493 e. The molecule has 3 heterocycles. The molecule has 2 N–H and O–H groups in total. The summed E-state index contributed by atoms with van der Waals surface area (Å²) >= 11 is 0. The number of benzene rings is 2. The number of Topliss-reactive ketones (excluding diaryl/α,β-unsaturated/α-hetero) is 2. The van der Waals surface area contributed by atoms with Gasteiger partial charge in [-0.15, -0.1) is 0 Å². The summed E-state index contributed by atoms with van der Waals surface area (Å²) in [5, 5.41) is 5.18. The molecule has 0 radical (unpaired) electrons. The van der Waals surface area contributed by atoms with Crippen LogP contribution in [0, 0.1) is 0 Å². The van der Waals surface area contributed by atoms with Gasteiger partial charge in [-0.1, -0.05) is 18.2 Å². The molecule has 43 heavy (non-hydrogen) atoms. The molecule has 2 aromatic heterocycles. The van der Waals surface area contributed by atoms with Crippen molar-refractivity contribution < 1.29 is 28.7 Å². The summed E-state index contributed by atoms with van der Waals surface area (Å²) in [7, 11) is 0. The van der Waals surface area contributed by atoms with Crippen molar-refractivity contribution in [3.63, 3.8) is 0 Å². The van der Waals surface area contributed by atoms with Crippen LogP contribution in [0.4, 0.5) is 0 Å². The molecule has 0 bridgehead atoms. The van der Waals surface area contributed by atoms with Crippen LogP contribution in [0.1, 0.15) is 71.2 Å². The first kappa shape index (κ1) is 28.3. The SMILES string of the molecule is O=C1CCC(N2C(=O)c3cccc(OCCCCCNC(=O)CCc4ccc5c(c4)[nH]c4ccncc45)c3C2=O)C(=O)C1. The predicted molar refractivity (Wildman–Crippen MR) is 159 cm³/mol. The lowest BCUT2D eigenvalue weighted by atomic mass is 9.92. The van der Waals surface area contributed by atoms with Gasteiger partial charge in [0.1, 0.15) is 11.5 Å². The third-order valence-corrected chi connectivity index (χ3v) is 8.17. The summed E-state index contributed by atoms with van der Waals surface area (Å²) in [4.78, 5) is 71.1. The van der Waals surface area contributed by atoms with E-state index in [1.165, 1.54) is 0 Å². The third-order valence-electron chi connectivity index (χ3n) is 8.17. The van der Waals surface area contributed by atoms with Gasteiger partial charge in [-0.3, -0.25) is 33.9 Å². The molecule has 1 saturated carbocycles. The van der Waals surface area contributed by atoms with Crippen molar-refractivity contribution in [2.75, 3.05) is 13.2 Å². The Balaban J connectivity index is 0.922. The summed E-state index contributed by atoms with van der Waals surface area (Å²) in [5.74, 6) is -1.32. The molecule has 1 aliphatic carbocycles. The van der Waals surface area contributed by atoms with E-state index in [0.29, 0.717) is 38.2 Å². The second-order valence-electron chi connectivity index (χ2n) is 11.1. The Kier molecular flexibility index (Phi) is 8.00. The number of aromatic amines is 1. The van der Waals surface area contributed by atoms with Gasteiger partial charge in [0.25, 0.3) is 11.8 Å². The lowest BCUT2D eigenvalue weighted by Gasteiger charge is -2.27. The molecule has 2 aromatic carbocycles. The molecule has 10 heteroatoms. The predicted octanol–water partition coefficient (Wildman–Crippen LogP) is 4.30. The van der Waals surface area contributed by atoms with Crippen LogP contribution in [0.2, 0.25) is 0 Å². The number of amides is 3. The molecule has 0 saturated heterocycles. The molecular weight excluding hydrogens is 548 g/mol. The van der Waals surface area contributed by atoms with Crippen LogP contribution in [0.25, 0.3) is 21.8 Å². The molecule has 1 unspecified atom stereocenters. The summed E-state index contributed by atoms with van der Waals surface area (Å²) in [6.07, 6.45) is 7.05. The van der Waals surface area contributed by atoms with Gasteiger partial charge >= 0.3 is 0 Å².